The van der Waals surface area contributed by atoms with Gasteiger partial charge in [-0.2, -0.15) is 0 Å². The first-order valence-corrected chi connectivity index (χ1v) is 8.45. The molecule has 3 nitrogen and oxygen atoms in total. The van der Waals surface area contributed by atoms with Crippen molar-refractivity contribution in [3.8, 4) is 0 Å². The molecule has 1 aromatic carbocycles. The highest BCUT2D eigenvalue weighted by molar-refractivity contribution is 5.77. The van der Waals surface area contributed by atoms with Gasteiger partial charge in [-0.15, -0.1) is 6.58 Å². The summed E-state index contributed by atoms with van der Waals surface area (Å²) in [6.45, 7) is 10.1. The summed E-state index contributed by atoms with van der Waals surface area (Å²) in [5.41, 5.74) is 6.70. The van der Waals surface area contributed by atoms with E-state index in [2.05, 4.69) is 20.4 Å². The minimum Gasteiger partial charge on any atom is -0.392 e. The number of benzene rings is 1. The molecule has 128 valence electrons. The second kappa shape index (κ2) is 8.88. The zero-order valence-corrected chi connectivity index (χ0v) is 14.7. The van der Waals surface area contributed by atoms with E-state index < -0.39 is 17.9 Å². The van der Waals surface area contributed by atoms with E-state index in [1.165, 1.54) is 0 Å². The summed E-state index contributed by atoms with van der Waals surface area (Å²) in [5, 5.41) is 10.6. The van der Waals surface area contributed by atoms with Crippen LogP contribution in [0.25, 0.3) is 0 Å². The minimum atomic E-state index is -0.710. The Morgan fingerprint density at radius 3 is 2.43 bits per heavy atom. The van der Waals surface area contributed by atoms with Gasteiger partial charge in [0.05, 0.1) is 12.0 Å². The molecule has 1 amide bonds. The Morgan fingerprint density at radius 2 is 1.96 bits per heavy atom. The predicted octanol–water partition coefficient (Wildman–Crippen LogP) is 3.71. The summed E-state index contributed by atoms with van der Waals surface area (Å²) < 4.78 is 0. The van der Waals surface area contributed by atoms with Crippen molar-refractivity contribution in [1.82, 2.24) is 0 Å². The van der Waals surface area contributed by atoms with Crippen LogP contribution in [0.3, 0.4) is 0 Å². The van der Waals surface area contributed by atoms with Gasteiger partial charge in [0.1, 0.15) is 0 Å². The van der Waals surface area contributed by atoms with Crippen LogP contribution in [0.4, 0.5) is 0 Å². The van der Waals surface area contributed by atoms with Gasteiger partial charge in [-0.25, -0.2) is 0 Å². The molecule has 1 rings (SSSR count). The summed E-state index contributed by atoms with van der Waals surface area (Å²) >= 11 is 0. The van der Waals surface area contributed by atoms with Gasteiger partial charge in [-0.3, -0.25) is 4.79 Å². The molecule has 1 aromatic rings. The molecule has 3 atom stereocenters. The summed E-state index contributed by atoms with van der Waals surface area (Å²) in [5.74, 6) is -0.855. The van der Waals surface area contributed by atoms with Gasteiger partial charge in [0.15, 0.2) is 0 Å². The molecular weight excluding hydrogens is 286 g/mol. The topological polar surface area (TPSA) is 63.3 Å². The lowest BCUT2D eigenvalue weighted by Crippen LogP contribution is -2.40. The molecule has 0 aliphatic heterocycles. The molecule has 0 aliphatic rings. The van der Waals surface area contributed by atoms with Crippen molar-refractivity contribution >= 4 is 5.91 Å². The maximum absolute atomic E-state index is 12.0. The van der Waals surface area contributed by atoms with Crippen LogP contribution in [0.15, 0.2) is 43.0 Å². The minimum absolute atomic E-state index is 0.0614. The fourth-order valence-corrected chi connectivity index (χ4v) is 3.16. The van der Waals surface area contributed by atoms with E-state index in [1.807, 2.05) is 43.3 Å². The normalized spacial score (nSPS) is 15.7. The van der Waals surface area contributed by atoms with Gasteiger partial charge in [-0.05, 0) is 36.2 Å². The number of primary amides is 1. The first-order chi connectivity index (χ1) is 10.8. The summed E-state index contributed by atoms with van der Waals surface area (Å²) in [7, 11) is 0. The first-order valence-electron chi connectivity index (χ1n) is 8.45. The van der Waals surface area contributed by atoms with Crippen LogP contribution < -0.4 is 5.73 Å². The van der Waals surface area contributed by atoms with Crippen molar-refractivity contribution in [3.05, 3.63) is 48.6 Å². The Kier molecular flexibility index (Phi) is 7.50. The number of carbonyl (C=O) groups excluding carboxylic acids is 1. The molecule has 0 heterocycles. The van der Waals surface area contributed by atoms with E-state index in [9.17, 15) is 9.90 Å². The van der Waals surface area contributed by atoms with Crippen LogP contribution in [-0.2, 0) is 11.2 Å². The number of aliphatic hydroxyl groups is 1. The van der Waals surface area contributed by atoms with Gasteiger partial charge in [0.2, 0.25) is 5.91 Å². The van der Waals surface area contributed by atoms with Crippen LogP contribution in [0, 0.1) is 17.3 Å². The zero-order valence-electron chi connectivity index (χ0n) is 14.7. The van der Waals surface area contributed by atoms with Crippen LogP contribution in [-0.4, -0.2) is 17.1 Å². The maximum Gasteiger partial charge on any atom is 0.223 e. The highest BCUT2D eigenvalue weighted by atomic mass is 16.3. The molecule has 0 saturated carbocycles. The molecule has 0 fully saturated rings. The Hall–Kier alpha value is -1.61. The summed E-state index contributed by atoms with van der Waals surface area (Å²) in [4.78, 5) is 12.0. The number of nitrogens with two attached hydrogens (primary N) is 1. The molecule has 3 unspecified atom stereocenters. The highest BCUT2D eigenvalue weighted by Crippen LogP contribution is 2.34. The van der Waals surface area contributed by atoms with Crippen molar-refractivity contribution in [2.45, 2.75) is 52.6 Å². The van der Waals surface area contributed by atoms with E-state index >= 15 is 0 Å². The Morgan fingerprint density at radius 1 is 1.35 bits per heavy atom. The number of allylic oxidation sites excluding steroid dienone is 1. The molecule has 0 bridgehead atoms. The summed E-state index contributed by atoms with van der Waals surface area (Å²) in [6.07, 6.45) is 4.09. The van der Waals surface area contributed by atoms with E-state index in [0.29, 0.717) is 6.42 Å². The lowest BCUT2D eigenvalue weighted by molar-refractivity contribution is -0.128. The third-order valence-corrected chi connectivity index (χ3v) is 4.69. The lowest BCUT2D eigenvalue weighted by atomic mass is 9.73. The van der Waals surface area contributed by atoms with Crippen molar-refractivity contribution in [2.75, 3.05) is 0 Å². The van der Waals surface area contributed by atoms with Gasteiger partial charge in [-0.1, -0.05) is 63.6 Å². The van der Waals surface area contributed by atoms with Crippen molar-refractivity contribution in [2.24, 2.45) is 23.0 Å². The second-order valence-electron chi connectivity index (χ2n) is 7.08. The fourth-order valence-electron chi connectivity index (χ4n) is 3.16. The van der Waals surface area contributed by atoms with Crippen LogP contribution in [0.5, 0.6) is 0 Å². The van der Waals surface area contributed by atoms with Gasteiger partial charge >= 0.3 is 0 Å². The Balaban J connectivity index is 2.78. The molecule has 3 N–H and O–H groups in total. The molecule has 23 heavy (non-hydrogen) atoms. The molecule has 0 aliphatic carbocycles. The fraction of sp³-hybridized carbons (Fsp3) is 0.550. The molecule has 0 aromatic heterocycles. The third kappa shape index (κ3) is 6.19. The van der Waals surface area contributed by atoms with Gasteiger partial charge in [0, 0.05) is 0 Å². The van der Waals surface area contributed by atoms with Crippen LogP contribution in [0.1, 0.15) is 45.6 Å². The average Bonchev–Trinajstić information content (AvgIpc) is 2.52. The second-order valence-corrected chi connectivity index (χ2v) is 7.08. The Labute approximate surface area is 140 Å². The van der Waals surface area contributed by atoms with E-state index in [1.54, 1.807) is 0 Å². The van der Waals surface area contributed by atoms with E-state index in [4.69, 9.17) is 5.73 Å². The Bertz CT molecular complexity index is 496. The lowest BCUT2D eigenvalue weighted by Gasteiger charge is -2.33. The number of aliphatic hydroxyl groups excluding tert-OH is 1. The molecule has 0 spiro atoms. The quantitative estimate of drug-likeness (QED) is 0.646. The van der Waals surface area contributed by atoms with E-state index in [0.717, 1.165) is 24.8 Å². The van der Waals surface area contributed by atoms with Gasteiger partial charge < -0.3 is 10.8 Å². The third-order valence-electron chi connectivity index (χ3n) is 4.69. The van der Waals surface area contributed by atoms with Crippen molar-refractivity contribution < 1.29 is 9.90 Å². The standard InChI is InChI=1S/C20H31NO2/c1-5-16(14-20(3,4)6-2)18(19(21)23)17(22)13-12-15-10-8-7-9-11-15/h6-11,16-18,22H,2,5,12-14H2,1,3-4H3,(H2,21,23). The predicted molar refractivity (Wildman–Crippen MR) is 95.8 cm³/mol. The molecular formula is C20H31NO2. The van der Waals surface area contributed by atoms with Crippen LogP contribution in [0.2, 0.25) is 0 Å². The molecule has 3 heteroatoms. The number of amides is 1. The maximum atomic E-state index is 12.0. The van der Waals surface area contributed by atoms with E-state index in [-0.39, 0.29) is 11.3 Å². The van der Waals surface area contributed by atoms with Crippen LogP contribution >= 0.6 is 0 Å². The number of aryl methyl sites for hydroxylation is 1. The number of hydrogen-bond donors (Lipinski definition) is 2. The highest BCUT2D eigenvalue weighted by Gasteiger charge is 2.34. The summed E-state index contributed by atoms with van der Waals surface area (Å²) in [6, 6.07) is 9.99. The SMILES string of the molecule is C=CC(C)(C)CC(CC)C(C(N)=O)C(O)CCc1ccccc1. The zero-order chi connectivity index (χ0) is 17.5. The monoisotopic (exact) mass is 317 g/mol. The largest absolute Gasteiger partial charge is 0.392 e. The first kappa shape index (κ1) is 19.4. The average molecular weight is 317 g/mol. The molecule has 0 saturated heterocycles. The smallest absolute Gasteiger partial charge is 0.223 e. The van der Waals surface area contributed by atoms with Crippen molar-refractivity contribution in [1.29, 1.82) is 0 Å². The number of hydrogen-bond acceptors (Lipinski definition) is 2. The van der Waals surface area contributed by atoms with Crippen molar-refractivity contribution in [3.63, 3.8) is 0 Å². The molecule has 0 radical (unpaired) electrons. The van der Waals surface area contributed by atoms with Gasteiger partial charge in [0.25, 0.3) is 0 Å². The number of carbonyl (C=O) groups is 1. The number of rotatable bonds is 10.